The number of nitrogens with zero attached hydrogens (tertiary/aromatic N) is 2. The van der Waals surface area contributed by atoms with Gasteiger partial charge in [-0.25, -0.2) is 4.98 Å². The van der Waals surface area contributed by atoms with E-state index >= 15 is 0 Å². The molecular formula is C13H13N3S. The number of aromatic nitrogens is 1. The minimum absolute atomic E-state index is 0.122. The largest absolute Gasteiger partial charge is 0.296 e. The molecule has 86 valence electrons. The SMILES string of the molecule is C[C@H](NCC#N)c1nc(-c2ccccc2)cs1. The Morgan fingerprint density at radius 1 is 1.41 bits per heavy atom. The molecule has 17 heavy (non-hydrogen) atoms. The van der Waals surface area contributed by atoms with E-state index in [4.69, 9.17) is 5.26 Å². The lowest BCUT2D eigenvalue weighted by atomic mass is 10.2. The molecule has 0 spiro atoms. The number of nitrogens with one attached hydrogen (secondary N) is 1. The Kier molecular flexibility index (Phi) is 3.86. The van der Waals surface area contributed by atoms with Crippen molar-refractivity contribution in [3.8, 4) is 17.3 Å². The summed E-state index contributed by atoms with van der Waals surface area (Å²) in [6.07, 6.45) is 0. The highest BCUT2D eigenvalue weighted by atomic mass is 32.1. The molecule has 0 saturated carbocycles. The fourth-order valence-electron chi connectivity index (χ4n) is 1.51. The smallest absolute Gasteiger partial charge is 0.110 e. The summed E-state index contributed by atoms with van der Waals surface area (Å²) < 4.78 is 0. The second-order valence-corrected chi connectivity index (χ2v) is 4.59. The highest BCUT2D eigenvalue weighted by Gasteiger charge is 2.10. The topological polar surface area (TPSA) is 48.7 Å². The monoisotopic (exact) mass is 243 g/mol. The van der Waals surface area contributed by atoms with Gasteiger partial charge < -0.3 is 0 Å². The van der Waals surface area contributed by atoms with E-state index in [0.717, 1.165) is 16.3 Å². The van der Waals surface area contributed by atoms with Gasteiger partial charge in [-0.3, -0.25) is 5.32 Å². The fraction of sp³-hybridized carbons (Fsp3) is 0.231. The van der Waals surface area contributed by atoms with Crippen molar-refractivity contribution in [2.45, 2.75) is 13.0 Å². The van der Waals surface area contributed by atoms with Gasteiger partial charge in [0, 0.05) is 10.9 Å². The molecule has 0 aliphatic heterocycles. The first-order chi connectivity index (χ1) is 8.31. The first-order valence-corrected chi connectivity index (χ1v) is 6.30. The predicted molar refractivity (Wildman–Crippen MR) is 69.6 cm³/mol. The van der Waals surface area contributed by atoms with E-state index in [9.17, 15) is 0 Å². The molecule has 2 aromatic rings. The van der Waals surface area contributed by atoms with Gasteiger partial charge in [-0.05, 0) is 6.92 Å². The molecule has 2 rings (SSSR count). The molecule has 0 amide bonds. The van der Waals surface area contributed by atoms with Crippen molar-refractivity contribution >= 4 is 11.3 Å². The van der Waals surface area contributed by atoms with E-state index in [-0.39, 0.29) is 6.04 Å². The van der Waals surface area contributed by atoms with Gasteiger partial charge in [0.15, 0.2) is 0 Å². The van der Waals surface area contributed by atoms with Crippen LogP contribution in [0.4, 0.5) is 0 Å². The van der Waals surface area contributed by atoms with Crippen LogP contribution in [-0.2, 0) is 0 Å². The average Bonchev–Trinajstić information content (AvgIpc) is 2.86. The lowest BCUT2D eigenvalue weighted by molar-refractivity contribution is 0.617. The molecule has 1 aromatic carbocycles. The van der Waals surface area contributed by atoms with Gasteiger partial charge in [-0.1, -0.05) is 30.3 Å². The molecule has 0 saturated heterocycles. The van der Waals surface area contributed by atoms with Crippen molar-refractivity contribution in [1.29, 1.82) is 5.26 Å². The van der Waals surface area contributed by atoms with Crippen LogP contribution in [0, 0.1) is 11.3 Å². The van der Waals surface area contributed by atoms with E-state index in [0.29, 0.717) is 6.54 Å². The fourth-order valence-corrected chi connectivity index (χ4v) is 2.37. The molecule has 0 fully saturated rings. The van der Waals surface area contributed by atoms with Crippen LogP contribution in [0.5, 0.6) is 0 Å². The minimum Gasteiger partial charge on any atom is -0.296 e. The summed E-state index contributed by atoms with van der Waals surface area (Å²) >= 11 is 1.62. The number of rotatable bonds is 4. The molecule has 0 unspecified atom stereocenters. The maximum Gasteiger partial charge on any atom is 0.110 e. The van der Waals surface area contributed by atoms with Crippen LogP contribution in [0.25, 0.3) is 11.3 Å². The maximum absolute atomic E-state index is 8.52. The molecule has 0 radical (unpaired) electrons. The van der Waals surface area contributed by atoms with E-state index < -0.39 is 0 Å². The average molecular weight is 243 g/mol. The Hall–Kier alpha value is -1.70. The number of hydrogen-bond donors (Lipinski definition) is 1. The predicted octanol–water partition coefficient (Wildman–Crippen LogP) is 2.98. The zero-order chi connectivity index (χ0) is 12.1. The number of benzene rings is 1. The highest BCUT2D eigenvalue weighted by Crippen LogP contribution is 2.24. The molecule has 1 atom stereocenters. The normalized spacial score (nSPS) is 12.0. The van der Waals surface area contributed by atoms with Crippen LogP contribution in [0.1, 0.15) is 18.0 Å². The number of thiazole rings is 1. The Morgan fingerprint density at radius 3 is 2.88 bits per heavy atom. The quantitative estimate of drug-likeness (QED) is 0.840. The van der Waals surface area contributed by atoms with Crippen LogP contribution >= 0.6 is 11.3 Å². The first-order valence-electron chi connectivity index (χ1n) is 5.42. The zero-order valence-electron chi connectivity index (χ0n) is 9.55. The van der Waals surface area contributed by atoms with Gasteiger partial charge in [-0.2, -0.15) is 5.26 Å². The van der Waals surface area contributed by atoms with E-state index in [1.807, 2.05) is 37.3 Å². The molecule has 0 aliphatic rings. The van der Waals surface area contributed by atoms with Crippen LogP contribution in [0.3, 0.4) is 0 Å². The minimum atomic E-state index is 0.122. The zero-order valence-corrected chi connectivity index (χ0v) is 10.4. The Balaban J connectivity index is 2.14. The molecule has 1 heterocycles. The van der Waals surface area contributed by atoms with Crippen molar-refractivity contribution < 1.29 is 0 Å². The van der Waals surface area contributed by atoms with Crippen molar-refractivity contribution in [3.63, 3.8) is 0 Å². The molecule has 3 nitrogen and oxygen atoms in total. The number of hydrogen-bond acceptors (Lipinski definition) is 4. The summed E-state index contributed by atoms with van der Waals surface area (Å²) in [5.41, 5.74) is 2.12. The van der Waals surface area contributed by atoms with E-state index in [2.05, 4.69) is 21.8 Å². The highest BCUT2D eigenvalue weighted by molar-refractivity contribution is 7.10. The maximum atomic E-state index is 8.52. The lowest BCUT2D eigenvalue weighted by Gasteiger charge is -2.06. The van der Waals surface area contributed by atoms with Gasteiger partial charge >= 0.3 is 0 Å². The summed E-state index contributed by atoms with van der Waals surface area (Å²) in [7, 11) is 0. The standard InChI is InChI=1S/C13H13N3S/c1-10(15-8-7-14)13-16-12(9-17-13)11-5-3-2-4-6-11/h2-6,9-10,15H,8H2,1H3/t10-/m0/s1. The Morgan fingerprint density at radius 2 is 2.18 bits per heavy atom. The van der Waals surface area contributed by atoms with Gasteiger partial charge in [0.05, 0.1) is 24.3 Å². The van der Waals surface area contributed by atoms with Gasteiger partial charge in [0.25, 0.3) is 0 Å². The molecule has 1 aromatic heterocycles. The third kappa shape index (κ3) is 2.90. The Bertz CT molecular complexity index is 513. The molecule has 0 aliphatic carbocycles. The summed E-state index contributed by atoms with van der Waals surface area (Å²) in [5.74, 6) is 0. The van der Waals surface area contributed by atoms with Crippen molar-refractivity contribution in [3.05, 3.63) is 40.7 Å². The van der Waals surface area contributed by atoms with Crippen LogP contribution < -0.4 is 5.32 Å². The van der Waals surface area contributed by atoms with Crippen molar-refractivity contribution in [2.24, 2.45) is 0 Å². The lowest BCUT2D eigenvalue weighted by Crippen LogP contribution is -2.18. The summed E-state index contributed by atoms with van der Waals surface area (Å²) in [4.78, 5) is 4.58. The summed E-state index contributed by atoms with van der Waals surface area (Å²) in [5, 5.41) is 14.7. The van der Waals surface area contributed by atoms with Gasteiger partial charge in [-0.15, -0.1) is 11.3 Å². The molecule has 1 N–H and O–H groups in total. The third-order valence-electron chi connectivity index (χ3n) is 2.45. The summed E-state index contributed by atoms with van der Waals surface area (Å²) in [6.45, 7) is 2.37. The van der Waals surface area contributed by atoms with Crippen molar-refractivity contribution in [2.75, 3.05) is 6.54 Å². The second kappa shape index (κ2) is 5.58. The number of nitriles is 1. The van der Waals surface area contributed by atoms with Crippen molar-refractivity contribution in [1.82, 2.24) is 10.3 Å². The molecular weight excluding hydrogens is 230 g/mol. The van der Waals surface area contributed by atoms with E-state index in [1.165, 1.54) is 0 Å². The second-order valence-electron chi connectivity index (χ2n) is 3.70. The Labute approximate surface area is 105 Å². The molecule has 0 bridgehead atoms. The third-order valence-corrected chi connectivity index (χ3v) is 3.48. The van der Waals surface area contributed by atoms with E-state index in [1.54, 1.807) is 11.3 Å². The summed E-state index contributed by atoms with van der Waals surface area (Å²) in [6, 6.07) is 12.3. The first kappa shape index (κ1) is 11.8. The van der Waals surface area contributed by atoms with Gasteiger partial charge in [0.1, 0.15) is 5.01 Å². The molecule has 4 heteroatoms. The van der Waals surface area contributed by atoms with Crippen LogP contribution in [-0.4, -0.2) is 11.5 Å². The van der Waals surface area contributed by atoms with Gasteiger partial charge in [0.2, 0.25) is 0 Å². The van der Waals surface area contributed by atoms with Crippen LogP contribution in [0.15, 0.2) is 35.7 Å². The van der Waals surface area contributed by atoms with Crippen LogP contribution in [0.2, 0.25) is 0 Å².